The average Bonchev–Trinajstić information content (AvgIpc) is 2.81. The zero-order valence-electron chi connectivity index (χ0n) is 12.3. The molecule has 7 heteroatoms. The summed E-state index contributed by atoms with van der Waals surface area (Å²) >= 11 is 0. The highest BCUT2D eigenvalue weighted by Gasteiger charge is 2.47. The van der Waals surface area contributed by atoms with E-state index in [-0.39, 0.29) is 18.7 Å². The van der Waals surface area contributed by atoms with Crippen LogP contribution in [0.25, 0.3) is 0 Å². The Hall–Kier alpha value is -2.41. The number of hydrogen-bond donors (Lipinski definition) is 3. The van der Waals surface area contributed by atoms with Gasteiger partial charge in [-0.2, -0.15) is 0 Å². The van der Waals surface area contributed by atoms with Gasteiger partial charge < -0.3 is 15.4 Å². The smallest absolute Gasteiger partial charge is 0.322 e. The predicted molar refractivity (Wildman–Crippen MR) is 78.9 cm³/mol. The van der Waals surface area contributed by atoms with Gasteiger partial charge in [-0.1, -0.05) is 30.3 Å². The van der Waals surface area contributed by atoms with Crippen LogP contribution in [-0.2, 0) is 19.9 Å². The molecule has 1 unspecified atom stereocenters. The van der Waals surface area contributed by atoms with Gasteiger partial charge in [-0.05, 0) is 12.0 Å². The normalized spacial score (nSPS) is 20.4. The standard InChI is InChI=1S/C15H19N3O4/c1-22-10-9-16-12(19)7-8-15(11-5-3-2-4-6-11)13(20)17-14(21)18-15/h2-6H,7-10H2,1H3,(H,16,19)(H2,17,18,20,21). The van der Waals surface area contributed by atoms with E-state index in [0.29, 0.717) is 18.7 Å². The molecule has 0 bridgehead atoms. The number of methoxy groups -OCH3 is 1. The van der Waals surface area contributed by atoms with Gasteiger partial charge in [0.1, 0.15) is 5.54 Å². The van der Waals surface area contributed by atoms with E-state index in [2.05, 4.69) is 16.0 Å². The molecular formula is C15H19N3O4. The minimum Gasteiger partial charge on any atom is -0.383 e. The van der Waals surface area contributed by atoms with Crippen LogP contribution in [0.15, 0.2) is 30.3 Å². The minimum absolute atomic E-state index is 0.117. The van der Waals surface area contributed by atoms with Gasteiger partial charge in [-0.15, -0.1) is 0 Å². The molecule has 1 aromatic carbocycles. The first-order valence-electron chi connectivity index (χ1n) is 7.03. The number of urea groups is 1. The van der Waals surface area contributed by atoms with E-state index in [4.69, 9.17) is 4.74 Å². The van der Waals surface area contributed by atoms with Crippen molar-refractivity contribution in [1.29, 1.82) is 0 Å². The summed E-state index contributed by atoms with van der Waals surface area (Å²) in [6.07, 6.45) is 0.305. The predicted octanol–water partition coefficient (Wildman–Crippen LogP) is 0.264. The fourth-order valence-electron chi connectivity index (χ4n) is 2.42. The van der Waals surface area contributed by atoms with Crippen molar-refractivity contribution >= 4 is 17.8 Å². The van der Waals surface area contributed by atoms with Gasteiger partial charge in [-0.25, -0.2) is 4.79 Å². The maximum Gasteiger partial charge on any atom is 0.322 e. The summed E-state index contributed by atoms with van der Waals surface area (Å²) in [4.78, 5) is 35.6. The van der Waals surface area contributed by atoms with E-state index in [9.17, 15) is 14.4 Å². The highest BCUT2D eigenvalue weighted by molar-refractivity contribution is 6.07. The number of imide groups is 1. The summed E-state index contributed by atoms with van der Waals surface area (Å²) < 4.78 is 4.85. The largest absolute Gasteiger partial charge is 0.383 e. The van der Waals surface area contributed by atoms with Crippen LogP contribution in [0.2, 0.25) is 0 Å². The van der Waals surface area contributed by atoms with E-state index in [1.54, 1.807) is 31.4 Å². The van der Waals surface area contributed by atoms with Crippen molar-refractivity contribution in [2.75, 3.05) is 20.3 Å². The Morgan fingerprint density at radius 1 is 1.27 bits per heavy atom. The molecule has 7 nitrogen and oxygen atoms in total. The Labute approximate surface area is 128 Å². The van der Waals surface area contributed by atoms with Crippen molar-refractivity contribution < 1.29 is 19.1 Å². The molecule has 1 aliphatic heterocycles. The Balaban J connectivity index is 2.09. The summed E-state index contributed by atoms with van der Waals surface area (Å²) in [6, 6.07) is 8.36. The molecule has 1 aromatic rings. The minimum atomic E-state index is -1.20. The van der Waals surface area contributed by atoms with Crippen molar-refractivity contribution in [3.63, 3.8) is 0 Å². The fraction of sp³-hybridized carbons (Fsp3) is 0.400. The second-order valence-electron chi connectivity index (χ2n) is 5.02. The molecule has 2 rings (SSSR count). The molecule has 1 heterocycles. The SMILES string of the molecule is COCCNC(=O)CCC1(c2ccccc2)NC(=O)NC1=O. The number of rotatable bonds is 7. The number of benzene rings is 1. The summed E-state index contributed by atoms with van der Waals surface area (Å²) in [5.41, 5.74) is -0.542. The van der Waals surface area contributed by atoms with Crippen LogP contribution in [0.3, 0.4) is 0 Å². The Morgan fingerprint density at radius 3 is 2.59 bits per heavy atom. The van der Waals surface area contributed by atoms with E-state index < -0.39 is 17.5 Å². The molecule has 118 valence electrons. The van der Waals surface area contributed by atoms with E-state index in [1.807, 2.05) is 6.07 Å². The summed E-state index contributed by atoms with van der Waals surface area (Å²) in [5.74, 6) is -0.630. The van der Waals surface area contributed by atoms with Crippen LogP contribution < -0.4 is 16.0 Å². The molecule has 0 saturated carbocycles. The molecule has 3 N–H and O–H groups in total. The second-order valence-corrected chi connectivity index (χ2v) is 5.02. The third-order valence-corrected chi connectivity index (χ3v) is 3.56. The van der Waals surface area contributed by atoms with Gasteiger partial charge in [0, 0.05) is 20.1 Å². The summed E-state index contributed by atoms with van der Waals surface area (Å²) in [5, 5.41) is 7.59. The van der Waals surface area contributed by atoms with E-state index >= 15 is 0 Å². The number of amides is 4. The molecular weight excluding hydrogens is 286 g/mol. The van der Waals surface area contributed by atoms with Gasteiger partial charge in [-0.3, -0.25) is 14.9 Å². The number of carbonyl (C=O) groups is 3. The number of nitrogens with one attached hydrogen (secondary N) is 3. The average molecular weight is 305 g/mol. The van der Waals surface area contributed by atoms with Gasteiger partial charge in [0.25, 0.3) is 5.91 Å². The maximum atomic E-state index is 12.2. The topological polar surface area (TPSA) is 96.5 Å². The van der Waals surface area contributed by atoms with E-state index in [0.717, 1.165) is 0 Å². The molecule has 0 aliphatic carbocycles. The van der Waals surface area contributed by atoms with Crippen LogP contribution in [0, 0.1) is 0 Å². The van der Waals surface area contributed by atoms with E-state index in [1.165, 1.54) is 0 Å². The second kappa shape index (κ2) is 7.04. The lowest BCUT2D eigenvalue weighted by atomic mass is 9.85. The van der Waals surface area contributed by atoms with Gasteiger partial charge in [0.05, 0.1) is 6.61 Å². The zero-order valence-corrected chi connectivity index (χ0v) is 12.3. The Morgan fingerprint density at radius 2 is 2.00 bits per heavy atom. The molecule has 22 heavy (non-hydrogen) atoms. The van der Waals surface area contributed by atoms with Crippen molar-refractivity contribution in [3.8, 4) is 0 Å². The lowest BCUT2D eigenvalue weighted by Gasteiger charge is -2.26. The fourth-order valence-corrected chi connectivity index (χ4v) is 2.42. The molecule has 0 spiro atoms. The van der Waals surface area contributed by atoms with Crippen molar-refractivity contribution in [2.24, 2.45) is 0 Å². The highest BCUT2D eigenvalue weighted by Crippen LogP contribution is 2.29. The maximum absolute atomic E-state index is 12.2. The first-order chi connectivity index (χ1) is 10.6. The molecule has 1 fully saturated rings. The van der Waals surface area contributed by atoms with Crippen molar-refractivity contribution in [3.05, 3.63) is 35.9 Å². The Bertz CT molecular complexity index is 561. The monoisotopic (exact) mass is 305 g/mol. The number of hydrogen-bond acceptors (Lipinski definition) is 4. The molecule has 1 saturated heterocycles. The molecule has 0 aromatic heterocycles. The van der Waals surface area contributed by atoms with Crippen molar-refractivity contribution in [2.45, 2.75) is 18.4 Å². The first-order valence-corrected chi connectivity index (χ1v) is 7.03. The third kappa shape index (κ3) is 3.43. The van der Waals surface area contributed by atoms with Gasteiger partial charge >= 0.3 is 6.03 Å². The molecule has 1 atom stereocenters. The van der Waals surface area contributed by atoms with Crippen LogP contribution >= 0.6 is 0 Å². The van der Waals surface area contributed by atoms with Crippen molar-refractivity contribution in [1.82, 2.24) is 16.0 Å². The zero-order chi connectivity index (χ0) is 16.0. The lowest BCUT2D eigenvalue weighted by Crippen LogP contribution is -2.44. The van der Waals surface area contributed by atoms with Crippen LogP contribution in [0.1, 0.15) is 18.4 Å². The van der Waals surface area contributed by atoms with Gasteiger partial charge in [0.15, 0.2) is 0 Å². The molecule has 4 amide bonds. The highest BCUT2D eigenvalue weighted by atomic mass is 16.5. The van der Waals surface area contributed by atoms with Crippen LogP contribution in [0.4, 0.5) is 4.79 Å². The summed E-state index contributed by atoms with van der Waals surface area (Å²) in [6.45, 7) is 0.832. The summed E-state index contributed by atoms with van der Waals surface area (Å²) in [7, 11) is 1.55. The van der Waals surface area contributed by atoms with Crippen LogP contribution in [0.5, 0.6) is 0 Å². The molecule has 0 radical (unpaired) electrons. The number of ether oxygens (including phenoxy) is 1. The third-order valence-electron chi connectivity index (χ3n) is 3.56. The lowest BCUT2D eigenvalue weighted by molar-refractivity contribution is -0.125. The Kier molecular flexibility index (Phi) is 5.11. The first kappa shape index (κ1) is 16.0. The van der Waals surface area contributed by atoms with Crippen LogP contribution in [-0.4, -0.2) is 38.1 Å². The number of carbonyl (C=O) groups excluding carboxylic acids is 3. The molecule has 1 aliphatic rings. The quantitative estimate of drug-likeness (QED) is 0.497. The van der Waals surface area contributed by atoms with Gasteiger partial charge in [0.2, 0.25) is 5.91 Å².